The average molecular weight is 362 g/mol. The summed E-state index contributed by atoms with van der Waals surface area (Å²) in [4.78, 5) is 21.4. The average Bonchev–Trinajstić information content (AvgIpc) is 2.16. The van der Waals surface area contributed by atoms with Gasteiger partial charge in [-0.05, 0) is 0 Å². The second-order valence-corrected chi connectivity index (χ2v) is 5.96. The van der Waals surface area contributed by atoms with Gasteiger partial charge in [-0.15, -0.1) is 0 Å². The van der Waals surface area contributed by atoms with E-state index in [1.54, 1.807) is 0 Å². The van der Waals surface area contributed by atoms with Crippen molar-refractivity contribution < 1.29 is 14.7 Å². The molecule has 0 fully saturated rings. The molecule has 0 saturated heterocycles. The molecule has 9 heteroatoms. The molecular formula is C6H12BIN2O3S2. The minimum atomic E-state index is -1.00. The van der Waals surface area contributed by atoms with Gasteiger partial charge in [0.2, 0.25) is 0 Å². The lowest BCUT2D eigenvalue weighted by molar-refractivity contribution is -0.137. The molecule has 0 aromatic carbocycles. The molecule has 4 N–H and O–H groups in total. The number of hydrogen-bond donors (Lipinski definition) is 3. The monoisotopic (exact) mass is 362 g/mol. The van der Waals surface area contributed by atoms with Crippen LogP contribution in [-0.2, 0) is 9.59 Å². The molecule has 0 aromatic rings. The Bertz CT molecular complexity index is 234. The van der Waals surface area contributed by atoms with Crippen molar-refractivity contribution in [1.82, 2.24) is 3.53 Å². The van der Waals surface area contributed by atoms with E-state index in [2.05, 4.69) is 3.53 Å². The molecule has 0 amide bonds. The SMILES string of the molecule is BC(=O)[C@H](CSSC[C@H](N)C(=O)O)NI. The molecule has 0 saturated carbocycles. The molecule has 2 atom stereocenters. The quantitative estimate of drug-likeness (QED) is 0.172. The number of carboxylic acids is 1. The predicted octanol–water partition coefficient (Wildman–Crippen LogP) is -0.752. The molecule has 15 heavy (non-hydrogen) atoms. The third-order valence-corrected chi connectivity index (χ3v) is 4.70. The number of halogens is 1. The molecule has 0 aromatic heterocycles. The Hall–Kier alpha value is 0.555. The van der Waals surface area contributed by atoms with Gasteiger partial charge in [-0.1, -0.05) is 21.6 Å². The predicted molar refractivity (Wildman–Crippen MR) is 75.0 cm³/mol. The Morgan fingerprint density at radius 2 is 2.00 bits per heavy atom. The van der Waals surface area contributed by atoms with Gasteiger partial charge in [0.15, 0.2) is 7.85 Å². The van der Waals surface area contributed by atoms with E-state index in [4.69, 9.17) is 10.8 Å². The fourth-order valence-electron chi connectivity index (χ4n) is 0.535. The maximum absolute atomic E-state index is 11.0. The molecule has 0 unspecified atom stereocenters. The highest BCUT2D eigenvalue weighted by atomic mass is 127. The molecule has 0 aliphatic heterocycles. The van der Waals surface area contributed by atoms with Crippen LogP contribution < -0.4 is 9.26 Å². The fourth-order valence-corrected chi connectivity index (χ4v) is 3.85. The summed E-state index contributed by atoms with van der Waals surface area (Å²) in [6.07, 6.45) is 0. The number of aliphatic carboxylic acids is 1. The van der Waals surface area contributed by atoms with Crippen LogP contribution >= 0.6 is 44.5 Å². The van der Waals surface area contributed by atoms with Crippen molar-refractivity contribution in [1.29, 1.82) is 0 Å². The van der Waals surface area contributed by atoms with Gasteiger partial charge in [0.1, 0.15) is 11.7 Å². The molecule has 86 valence electrons. The number of hydrogen-bond acceptors (Lipinski definition) is 6. The largest absolute Gasteiger partial charge is 0.480 e. The third kappa shape index (κ3) is 7.44. The van der Waals surface area contributed by atoms with Crippen LogP contribution in [0.3, 0.4) is 0 Å². The van der Waals surface area contributed by atoms with Crippen molar-refractivity contribution in [2.24, 2.45) is 5.73 Å². The van der Waals surface area contributed by atoms with Gasteiger partial charge in [-0.2, -0.15) is 0 Å². The van der Waals surface area contributed by atoms with Crippen LogP contribution in [0.25, 0.3) is 0 Å². The van der Waals surface area contributed by atoms with Crippen molar-refractivity contribution >= 4 is 64.0 Å². The Balaban J connectivity index is 3.61. The van der Waals surface area contributed by atoms with Crippen molar-refractivity contribution in [2.75, 3.05) is 11.5 Å². The van der Waals surface area contributed by atoms with E-state index >= 15 is 0 Å². The molecule has 0 rings (SSSR count). The zero-order valence-electron chi connectivity index (χ0n) is 8.10. The minimum Gasteiger partial charge on any atom is -0.480 e. The van der Waals surface area contributed by atoms with E-state index in [1.165, 1.54) is 29.4 Å². The first-order valence-corrected chi connectivity index (χ1v) is 7.65. The molecule has 0 heterocycles. The number of nitrogens with one attached hydrogen (secondary N) is 1. The Kier molecular flexibility index (Phi) is 9.00. The molecule has 0 spiro atoms. The Labute approximate surface area is 111 Å². The van der Waals surface area contributed by atoms with E-state index < -0.39 is 12.0 Å². The summed E-state index contributed by atoms with van der Waals surface area (Å²) < 4.78 is 2.85. The Morgan fingerprint density at radius 1 is 1.47 bits per heavy atom. The fraction of sp³-hybridized carbons (Fsp3) is 0.667. The third-order valence-electron chi connectivity index (χ3n) is 1.51. The summed E-state index contributed by atoms with van der Waals surface area (Å²) in [6, 6.07) is -1.03. The van der Waals surface area contributed by atoms with Gasteiger partial charge >= 0.3 is 5.97 Å². The molecule has 0 aliphatic rings. The highest BCUT2D eigenvalue weighted by Gasteiger charge is 2.14. The first-order chi connectivity index (χ1) is 6.99. The normalized spacial score (nSPS) is 14.5. The highest BCUT2D eigenvalue weighted by Crippen LogP contribution is 2.22. The van der Waals surface area contributed by atoms with Gasteiger partial charge in [-0.25, -0.2) is 0 Å². The molecule has 0 radical (unpaired) electrons. The number of carboxylic acid groups (broad SMARTS) is 1. The Morgan fingerprint density at radius 3 is 2.40 bits per heavy atom. The zero-order valence-corrected chi connectivity index (χ0v) is 11.9. The van der Waals surface area contributed by atoms with Crippen LogP contribution in [0, 0.1) is 0 Å². The van der Waals surface area contributed by atoms with Gasteiger partial charge in [0, 0.05) is 34.4 Å². The van der Waals surface area contributed by atoms with Gasteiger partial charge in [0.05, 0.1) is 6.04 Å². The second-order valence-electron chi connectivity index (χ2n) is 2.79. The van der Waals surface area contributed by atoms with E-state index in [0.717, 1.165) is 0 Å². The summed E-state index contributed by atoms with van der Waals surface area (Å²) in [6.45, 7) is 0. The minimum absolute atomic E-state index is 0.0695. The molecule has 0 aliphatic carbocycles. The summed E-state index contributed by atoms with van der Waals surface area (Å²) in [5.74, 6) is -0.0560. The maximum Gasteiger partial charge on any atom is 0.321 e. The lowest BCUT2D eigenvalue weighted by Crippen LogP contribution is -2.33. The highest BCUT2D eigenvalue weighted by molar-refractivity contribution is 14.1. The summed E-state index contributed by atoms with van der Waals surface area (Å²) in [5, 5.41) is 8.51. The zero-order chi connectivity index (χ0) is 11.8. The second kappa shape index (κ2) is 8.68. The van der Waals surface area contributed by atoms with E-state index in [-0.39, 0.29) is 11.7 Å². The van der Waals surface area contributed by atoms with Crippen LogP contribution in [0.5, 0.6) is 0 Å². The number of nitrogens with two attached hydrogens (primary N) is 1. The van der Waals surface area contributed by atoms with Crippen LogP contribution in [0.2, 0.25) is 0 Å². The van der Waals surface area contributed by atoms with Gasteiger partial charge in [0.25, 0.3) is 0 Å². The molecular weight excluding hydrogens is 350 g/mol. The van der Waals surface area contributed by atoms with Crippen LogP contribution in [0.1, 0.15) is 0 Å². The van der Waals surface area contributed by atoms with Crippen molar-refractivity contribution in [2.45, 2.75) is 12.1 Å². The van der Waals surface area contributed by atoms with Gasteiger partial charge < -0.3 is 15.6 Å². The first kappa shape index (κ1) is 15.6. The van der Waals surface area contributed by atoms with Crippen LogP contribution in [-0.4, -0.2) is 48.2 Å². The first-order valence-electron chi connectivity index (χ1n) is 4.08. The number of carbonyl (C=O) groups is 2. The maximum atomic E-state index is 11.0. The summed E-state index contributed by atoms with van der Waals surface area (Å²) in [5.41, 5.74) is 5.38. The topological polar surface area (TPSA) is 92.4 Å². The van der Waals surface area contributed by atoms with Gasteiger partial charge in [-0.3, -0.25) is 8.32 Å². The van der Waals surface area contributed by atoms with Crippen molar-refractivity contribution in [3.63, 3.8) is 0 Å². The lowest BCUT2D eigenvalue weighted by atomic mass is 9.97. The number of carbonyl (C=O) groups excluding carboxylic acids is 1. The molecule has 5 nitrogen and oxygen atoms in total. The van der Waals surface area contributed by atoms with Crippen molar-refractivity contribution in [3.05, 3.63) is 0 Å². The van der Waals surface area contributed by atoms with Crippen molar-refractivity contribution in [3.8, 4) is 0 Å². The van der Waals surface area contributed by atoms with Crippen LogP contribution in [0.4, 0.5) is 0 Å². The summed E-state index contributed by atoms with van der Waals surface area (Å²) >= 11 is 1.93. The van der Waals surface area contributed by atoms with E-state index in [1.807, 2.05) is 22.9 Å². The van der Waals surface area contributed by atoms with E-state index in [0.29, 0.717) is 11.5 Å². The summed E-state index contributed by atoms with van der Waals surface area (Å²) in [7, 11) is 4.33. The number of rotatable bonds is 8. The standard InChI is InChI=1S/C6H12BIN2O3S2/c7-5(11)4(10-8)2-15-14-1-3(9)6(12)13/h3-4,10H,1-2,7,9H2,(H,12,13)/t3-,4-/m0/s1. The van der Waals surface area contributed by atoms with E-state index in [9.17, 15) is 9.59 Å². The van der Waals surface area contributed by atoms with Crippen LogP contribution in [0.15, 0.2) is 0 Å². The lowest BCUT2D eigenvalue weighted by Gasteiger charge is -2.11. The molecule has 0 bridgehead atoms. The smallest absolute Gasteiger partial charge is 0.321 e.